The first-order valence-corrected chi connectivity index (χ1v) is 16.9. The van der Waals surface area contributed by atoms with Gasteiger partial charge in [0.05, 0.1) is 11.3 Å². The van der Waals surface area contributed by atoms with E-state index in [1.807, 2.05) is 107 Å². The number of hydrogen-bond acceptors (Lipinski definition) is 4. The van der Waals surface area contributed by atoms with Gasteiger partial charge in [0.1, 0.15) is 0 Å². The van der Waals surface area contributed by atoms with E-state index in [0.717, 1.165) is 39.7 Å². The molecule has 0 aliphatic rings. The van der Waals surface area contributed by atoms with Gasteiger partial charge >= 0.3 is 0 Å². The summed E-state index contributed by atoms with van der Waals surface area (Å²) in [7, 11) is 0. The number of fused-ring (bicyclic) bond motifs is 3. The molecule has 8 rings (SSSR count). The number of rotatable bonds is 6. The fraction of sp³-hybridized carbons (Fsp3) is 0.188. The van der Waals surface area contributed by atoms with Gasteiger partial charge in [-0.25, -0.2) is 4.98 Å². The van der Waals surface area contributed by atoms with Crippen LogP contribution >= 0.6 is 0 Å². The zero-order chi connectivity index (χ0) is 45.7. The number of nitrogens with zero attached hydrogens (tertiary/aromatic N) is 3. The average Bonchev–Trinajstić information content (AvgIpc) is 3.60. The van der Waals surface area contributed by atoms with Gasteiger partial charge in [-0.3, -0.25) is 0 Å². The van der Waals surface area contributed by atoms with Crippen LogP contribution in [0, 0.1) is 32.7 Å². The number of aryl methyl sites for hydroxylation is 3. The Bertz CT molecular complexity index is 2920. The summed E-state index contributed by atoms with van der Waals surface area (Å²) in [6, 6.07) is 39.2. The molecule has 8 aromatic rings. The molecule has 0 unspecified atom stereocenters. The second kappa shape index (κ2) is 16.2. The van der Waals surface area contributed by atoms with Crippen LogP contribution < -0.4 is 0 Å². The maximum absolute atomic E-state index is 9.24. The minimum absolute atomic E-state index is 0. The summed E-state index contributed by atoms with van der Waals surface area (Å²) in [5, 5.41) is 1.40. The van der Waals surface area contributed by atoms with Gasteiger partial charge in [0.15, 0.2) is 0 Å². The standard InChI is InChI=1S/C36H33N2O.C12H10N.Ir/c1-21(2)26-15-16-27(25-11-8-7-9-12-25)33(22(3)4)34(26)31-18-17-29-28-13-10-14-30(35(28)39-36(29)38-31)32-19-23(5)24(6)20-37-32;1-10-7-8-12(13-9-10)11-5-3-2-4-6-11;/h7-13,15-22H,1-6H3;2-5,7-9H,1H3;/q2*-1;/i5D3,6D3,21D,22D;1D3;. The average molecular weight is 881 g/mol. The van der Waals surface area contributed by atoms with Gasteiger partial charge in [-0.05, 0) is 89.2 Å². The van der Waals surface area contributed by atoms with Crippen LogP contribution in [-0.2, 0) is 20.1 Å². The van der Waals surface area contributed by atoms with Gasteiger partial charge < -0.3 is 14.4 Å². The maximum atomic E-state index is 9.24. The Hall–Kier alpha value is -5.22. The molecule has 0 bridgehead atoms. The van der Waals surface area contributed by atoms with E-state index in [9.17, 15) is 1.37 Å². The Morgan fingerprint density at radius 1 is 0.679 bits per heavy atom. The van der Waals surface area contributed by atoms with Crippen LogP contribution in [0.5, 0.6) is 0 Å². The van der Waals surface area contributed by atoms with Crippen molar-refractivity contribution in [1.82, 2.24) is 15.0 Å². The first-order valence-electron chi connectivity index (χ1n) is 22.4. The fourth-order valence-electron chi connectivity index (χ4n) is 6.31. The van der Waals surface area contributed by atoms with Crippen LogP contribution in [-0.4, -0.2) is 15.0 Å². The smallest absolute Gasteiger partial charge is 0.216 e. The number of pyridine rings is 3. The molecular formula is C48H43IrN3O-2. The van der Waals surface area contributed by atoms with Crippen LogP contribution in [0.2, 0.25) is 0 Å². The summed E-state index contributed by atoms with van der Waals surface area (Å²) in [5.41, 5.74) is 7.03. The normalized spacial score (nSPS) is 15.3. The fourth-order valence-corrected chi connectivity index (χ4v) is 6.31. The minimum Gasteiger partial charge on any atom is -0.486 e. The second-order valence-corrected chi connectivity index (χ2v) is 12.8. The van der Waals surface area contributed by atoms with E-state index in [-0.39, 0.29) is 42.5 Å². The van der Waals surface area contributed by atoms with E-state index in [4.69, 9.17) is 23.1 Å². The maximum Gasteiger partial charge on any atom is 0.216 e. The molecular weight excluding hydrogens is 827 g/mol. The molecule has 0 fully saturated rings. The summed E-state index contributed by atoms with van der Waals surface area (Å²) < 4.78 is 93.8. The van der Waals surface area contributed by atoms with Crippen LogP contribution in [0.4, 0.5) is 0 Å². The van der Waals surface area contributed by atoms with Gasteiger partial charge in [0.2, 0.25) is 5.71 Å². The molecule has 1 radical (unpaired) electrons. The van der Waals surface area contributed by atoms with Crippen molar-refractivity contribution in [2.24, 2.45) is 0 Å². The molecule has 4 nitrogen and oxygen atoms in total. The molecule has 0 saturated heterocycles. The second-order valence-electron chi connectivity index (χ2n) is 12.8. The van der Waals surface area contributed by atoms with Gasteiger partial charge in [-0.2, -0.15) is 0 Å². The Morgan fingerprint density at radius 2 is 1.47 bits per heavy atom. The van der Waals surface area contributed by atoms with Gasteiger partial charge in [0, 0.05) is 58.5 Å². The van der Waals surface area contributed by atoms with E-state index < -0.39 is 32.3 Å². The molecule has 4 aromatic heterocycles. The molecule has 267 valence electrons. The summed E-state index contributed by atoms with van der Waals surface area (Å²) >= 11 is 0. The summed E-state index contributed by atoms with van der Waals surface area (Å²) in [6.07, 6.45) is 2.48. The third-order valence-corrected chi connectivity index (χ3v) is 8.79. The molecule has 0 saturated carbocycles. The van der Waals surface area contributed by atoms with Crippen LogP contribution in [0.15, 0.2) is 126 Å². The zero-order valence-electron chi connectivity index (χ0n) is 40.6. The molecule has 0 atom stereocenters. The predicted molar refractivity (Wildman–Crippen MR) is 215 cm³/mol. The zero-order valence-corrected chi connectivity index (χ0v) is 32.0. The third-order valence-electron chi connectivity index (χ3n) is 8.79. The SMILES string of the molecule is [2H]C([2H])([2H])c1ccc(-c2[c-]cccc2)nc1.[2H]C([2H])([2H])c1cnc(-c2[c-]ccc3c2oc2nc(-c4c(C([2H])(C)C)ccc(-c5ccccc5)c4C([2H])(C)C)ccc23)cc1C([2H])([2H])[2H].[Ir]. The largest absolute Gasteiger partial charge is 0.486 e. The number of hydrogen-bond donors (Lipinski definition) is 0. The predicted octanol–water partition coefficient (Wildman–Crippen LogP) is 12.9. The van der Waals surface area contributed by atoms with E-state index in [2.05, 4.69) is 22.1 Å². The van der Waals surface area contributed by atoms with E-state index in [1.165, 1.54) is 12.3 Å². The van der Waals surface area contributed by atoms with Gasteiger partial charge in [-0.1, -0.05) is 105 Å². The van der Waals surface area contributed by atoms with E-state index >= 15 is 0 Å². The third kappa shape index (κ3) is 7.78. The summed E-state index contributed by atoms with van der Waals surface area (Å²) in [4.78, 5) is 13.4. The van der Waals surface area contributed by atoms with Gasteiger partial charge in [0.25, 0.3) is 0 Å². The first kappa shape index (κ1) is 25.7. The van der Waals surface area contributed by atoms with Crippen molar-refractivity contribution in [2.75, 3.05) is 0 Å². The Balaban J connectivity index is 0.000000336. The van der Waals surface area contributed by atoms with Crippen molar-refractivity contribution in [3.63, 3.8) is 0 Å². The molecule has 0 amide bonds. The van der Waals surface area contributed by atoms with Crippen molar-refractivity contribution < 1.29 is 39.6 Å². The van der Waals surface area contributed by atoms with Crippen molar-refractivity contribution in [3.8, 4) is 44.9 Å². The molecule has 0 aliphatic heterocycles. The van der Waals surface area contributed by atoms with Crippen molar-refractivity contribution in [2.45, 2.75) is 60.0 Å². The van der Waals surface area contributed by atoms with Crippen LogP contribution in [0.3, 0.4) is 0 Å². The Labute approximate surface area is 342 Å². The van der Waals surface area contributed by atoms with Crippen LogP contribution in [0.25, 0.3) is 67.0 Å². The molecule has 0 N–H and O–H groups in total. The molecule has 4 aromatic carbocycles. The molecule has 5 heteroatoms. The van der Waals surface area contributed by atoms with Crippen LogP contribution in [0.1, 0.15) is 82.4 Å². The molecule has 0 aliphatic carbocycles. The van der Waals surface area contributed by atoms with E-state index in [0.29, 0.717) is 38.9 Å². The van der Waals surface area contributed by atoms with E-state index in [1.54, 1.807) is 24.3 Å². The molecule has 0 spiro atoms. The Morgan fingerprint density at radius 3 is 2.17 bits per heavy atom. The first-order chi connectivity index (χ1) is 29.4. The summed E-state index contributed by atoms with van der Waals surface area (Å²) in [5.74, 6) is -2.06. The number of benzene rings is 4. The van der Waals surface area contributed by atoms with Crippen molar-refractivity contribution >= 4 is 22.1 Å². The Kier molecular flexibility index (Phi) is 7.86. The van der Waals surface area contributed by atoms with Crippen molar-refractivity contribution in [3.05, 3.63) is 162 Å². The summed E-state index contributed by atoms with van der Waals surface area (Å²) in [6.45, 7) is -0.130. The minimum atomic E-state index is -2.68. The van der Waals surface area contributed by atoms with Gasteiger partial charge in [-0.15, -0.1) is 54.1 Å². The monoisotopic (exact) mass is 881 g/mol. The molecule has 4 heterocycles. The quantitative estimate of drug-likeness (QED) is 0.156. The van der Waals surface area contributed by atoms with Crippen molar-refractivity contribution in [1.29, 1.82) is 0 Å². The number of aromatic nitrogens is 3. The number of furan rings is 1. The topological polar surface area (TPSA) is 51.8 Å². The molecule has 53 heavy (non-hydrogen) atoms.